The zero-order valence-corrected chi connectivity index (χ0v) is 8.54. The van der Waals surface area contributed by atoms with Crippen LogP contribution >= 0.6 is 0 Å². The van der Waals surface area contributed by atoms with Crippen LogP contribution in [0.15, 0.2) is 0 Å². The first-order chi connectivity index (χ1) is 6.79. The molecule has 0 radical (unpaired) electrons. The lowest BCUT2D eigenvalue weighted by Gasteiger charge is -2.35. The van der Waals surface area contributed by atoms with E-state index in [0.29, 0.717) is 19.4 Å². The maximum absolute atomic E-state index is 11.7. The Balaban J connectivity index is 2.46. The van der Waals surface area contributed by atoms with Gasteiger partial charge in [-0.15, -0.1) is 12.3 Å². The standard InChI is InChI=1S/C11H18N2O/c1-2-3-7-11(14)13-8-5-4-6-10(13)9-12/h1,10H,3-9,12H2. The summed E-state index contributed by atoms with van der Waals surface area (Å²) in [6.45, 7) is 1.42. The summed E-state index contributed by atoms with van der Waals surface area (Å²) in [5.74, 6) is 2.66. The number of nitrogens with two attached hydrogens (primary N) is 1. The molecule has 0 aromatic heterocycles. The third-order valence-corrected chi connectivity index (χ3v) is 2.70. The molecule has 0 aromatic carbocycles. The molecule has 0 spiro atoms. The van der Waals surface area contributed by atoms with Crippen LogP contribution in [0.25, 0.3) is 0 Å². The summed E-state index contributed by atoms with van der Waals surface area (Å²) in [5, 5.41) is 0. The van der Waals surface area contributed by atoms with E-state index in [1.165, 1.54) is 6.42 Å². The van der Waals surface area contributed by atoms with Gasteiger partial charge in [0.1, 0.15) is 0 Å². The molecule has 78 valence electrons. The number of carbonyl (C=O) groups excluding carboxylic acids is 1. The third kappa shape index (κ3) is 2.74. The first-order valence-corrected chi connectivity index (χ1v) is 5.22. The molecular formula is C11H18N2O. The van der Waals surface area contributed by atoms with Crippen molar-refractivity contribution in [3.8, 4) is 12.3 Å². The van der Waals surface area contributed by atoms with Crippen LogP contribution in [0.2, 0.25) is 0 Å². The molecule has 1 rings (SSSR count). The van der Waals surface area contributed by atoms with Crippen LogP contribution in [-0.4, -0.2) is 29.9 Å². The van der Waals surface area contributed by atoms with Crippen LogP contribution in [0, 0.1) is 12.3 Å². The van der Waals surface area contributed by atoms with Gasteiger partial charge in [0.15, 0.2) is 0 Å². The Hall–Kier alpha value is -1.01. The van der Waals surface area contributed by atoms with E-state index in [2.05, 4.69) is 5.92 Å². The molecule has 1 saturated heterocycles. The highest BCUT2D eigenvalue weighted by Gasteiger charge is 2.24. The quantitative estimate of drug-likeness (QED) is 0.674. The molecule has 14 heavy (non-hydrogen) atoms. The highest BCUT2D eigenvalue weighted by Crippen LogP contribution is 2.17. The Morgan fingerprint density at radius 1 is 1.57 bits per heavy atom. The van der Waals surface area contributed by atoms with Crippen molar-refractivity contribution in [1.82, 2.24) is 4.90 Å². The topological polar surface area (TPSA) is 46.3 Å². The summed E-state index contributed by atoms with van der Waals surface area (Å²) in [4.78, 5) is 13.6. The molecule has 2 N–H and O–H groups in total. The van der Waals surface area contributed by atoms with Gasteiger partial charge in [-0.25, -0.2) is 0 Å². The summed E-state index contributed by atoms with van der Waals surface area (Å²) < 4.78 is 0. The summed E-state index contributed by atoms with van der Waals surface area (Å²) in [6, 6.07) is 0.244. The fourth-order valence-electron chi connectivity index (χ4n) is 1.90. The van der Waals surface area contributed by atoms with Gasteiger partial charge in [0, 0.05) is 32.0 Å². The van der Waals surface area contributed by atoms with Crippen molar-refractivity contribution in [2.45, 2.75) is 38.1 Å². The first kappa shape index (κ1) is 11.1. The number of piperidine rings is 1. The number of hydrogen-bond donors (Lipinski definition) is 1. The van der Waals surface area contributed by atoms with Crippen molar-refractivity contribution in [3.63, 3.8) is 0 Å². The average Bonchev–Trinajstić information content (AvgIpc) is 2.25. The van der Waals surface area contributed by atoms with Crippen molar-refractivity contribution in [2.75, 3.05) is 13.1 Å². The van der Waals surface area contributed by atoms with Gasteiger partial charge in [-0.1, -0.05) is 0 Å². The highest BCUT2D eigenvalue weighted by atomic mass is 16.2. The SMILES string of the molecule is C#CCCC(=O)N1CCCCC1CN. The van der Waals surface area contributed by atoms with Crippen molar-refractivity contribution < 1.29 is 4.79 Å². The molecule has 1 aliphatic heterocycles. The molecule has 0 bridgehead atoms. The van der Waals surface area contributed by atoms with Crippen LogP contribution in [0.4, 0.5) is 0 Å². The molecule has 1 fully saturated rings. The molecule has 1 amide bonds. The van der Waals surface area contributed by atoms with Gasteiger partial charge in [-0.2, -0.15) is 0 Å². The second-order valence-electron chi connectivity index (χ2n) is 3.68. The number of carbonyl (C=O) groups is 1. The van der Waals surface area contributed by atoms with Gasteiger partial charge in [0.2, 0.25) is 5.91 Å². The van der Waals surface area contributed by atoms with Gasteiger partial charge < -0.3 is 10.6 Å². The predicted molar refractivity (Wildman–Crippen MR) is 56.5 cm³/mol. The van der Waals surface area contributed by atoms with Crippen molar-refractivity contribution in [1.29, 1.82) is 0 Å². The van der Waals surface area contributed by atoms with Crippen LogP contribution < -0.4 is 5.73 Å². The van der Waals surface area contributed by atoms with E-state index in [1.807, 2.05) is 4.90 Å². The summed E-state index contributed by atoms with van der Waals surface area (Å²) in [7, 11) is 0. The molecule has 3 heteroatoms. The Morgan fingerprint density at radius 3 is 3.00 bits per heavy atom. The van der Waals surface area contributed by atoms with Crippen LogP contribution in [0.5, 0.6) is 0 Å². The maximum atomic E-state index is 11.7. The second kappa shape index (κ2) is 5.66. The van der Waals surface area contributed by atoms with Gasteiger partial charge in [0.25, 0.3) is 0 Å². The average molecular weight is 194 g/mol. The predicted octanol–water partition coefficient (Wildman–Crippen LogP) is 0.740. The van der Waals surface area contributed by atoms with E-state index in [-0.39, 0.29) is 11.9 Å². The molecule has 1 heterocycles. The molecule has 0 aromatic rings. The minimum absolute atomic E-state index is 0.165. The zero-order valence-electron chi connectivity index (χ0n) is 8.54. The summed E-state index contributed by atoms with van der Waals surface area (Å²) >= 11 is 0. The maximum Gasteiger partial charge on any atom is 0.223 e. The summed E-state index contributed by atoms with van der Waals surface area (Å²) in [5.41, 5.74) is 5.63. The molecular weight excluding hydrogens is 176 g/mol. The number of hydrogen-bond acceptors (Lipinski definition) is 2. The smallest absolute Gasteiger partial charge is 0.223 e. The minimum Gasteiger partial charge on any atom is -0.338 e. The fraction of sp³-hybridized carbons (Fsp3) is 0.727. The van der Waals surface area contributed by atoms with Gasteiger partial charge in [-0.3, -0.25) is 4.79 Å². The minimum atomic E-state index is 0.165. The molecule has 0 aliphatic carbocycles. The van der Waals surface area contributed by atoms with Crippen LogP contribution in [-0.2, 0) is 4.79 Å². The van der Waals surface area contributed by atoms with Crippen molar-refractivity contribution >= 4 is 5.91 Å². The zero-order chi connectivity index (χ0) is 10.4. The van der Waals surface area contributed by atoms with Gasteiger partial charge in [-0.05, 0) is 19.3 Å². The third-order valence-electron chi connectivity index (χ3n) is 2.70. The van der Waals surface area contributed by atoms with Gasteiger partial charge >= 0.3 is 0 Å². The molecule has 1 atom stereocenters. The normalized spacial score (nSPS) is 21.7. The Bertz CT molecular complexity index is 232. The number of likely N-dealkylation sites (tertiary alicyclic amines) is 1. The van der Waals surface area contributed by atoms with E-state index < -0.39 is 0 Å². The molecule has 1 aliphatic rings. The van der Waals surface area contributed by atoms with E-state index in [1.54, 1.807) is 0 Å². The van der Waals surface area contributed by atoms with Gasteiger partial charge in [0.05, 0.1) is 0 Å². The Labute approximate surface area is 85.6 Å². The molecule has 1 unspecified atom stereocenters. The second-order valence-corrected chi connectivity index (χ2v) is 3.68. The lowest BCUT2D eigenvalue weighted by molar-refractivity contribution is -0.134. The number of rotatable bonds is 3. The highest BCUT2D eigenvalue weighted by molar-refractivity contribution is 5.76. The van der Waals surface area contributed by atoms with E-state index in [9.17, 15) is 4.79 Å². The number of terminal acetylenes is 1. The fourth-order valence-corrected chi connectivity index (χ4v) is 1.90. The van der Waals surface area contributed by atoms with E-state index >= 15 is 0 Å². The van der Waals surface area contributed by atoms with E-state index in [0.717, 1.165) is 19.4 Å². The number of amides is 1. The lowest BCUT2D eigenvalue weighted by atomic mass is 10.0. The number of nitrogens with zero attached hydrogens (tertiary/aromatic N) is 1. The monoisotopic (exact) mass is 194 g/mol. The van der Waals surface area contributed by atoms with Crippen LogP contribution in [0.1, 0.15) is 32.1 Å². The van der Waals surface area contributed by atoms with Crippen molar-refractivity contribution in [2.24, 2.45) is 5.73 Å². The van der Waals surface area contributed by atoms with E-state index in [4.69, 9.17) is 12.2 Å². The Kier molecular flexibility index (Phi) is 4.48. The summed E-state index contributed by atoms with van der Waals surface area (Å²) in [6.07, 6.45) is 9.44. The van der Waals surface area contributed by atoms with Crippen LogP contribution in [0.3, 0.4) is 0 Å². The largest absolute Gasteiger partial charge is 0.338 e. The lowest BCUT2D eigenvalue weighted by Crippen LogP contribution is -2.47. The van der Waals surface area contributed by atoms with Crippen molar-refractivity contribution in [3.05, 3.63) is 0 Å². The Morgan fingerprint density at radius 2 is 2.36 bits per heavy atom. The first-order valence-electron chi connectivity index (χ1n) is 5.22. The molecule has 0 saturated carbocycles. The molecule has 3 nitrogen and oxygen atoms in total.